The fraction of sp³-hybridized carbons (Fsp3) is 0.143. The molecule has 2 aromatic heterocycles. The molecule has 0 aliphatic rings. The normalized spacial score (nSPS) is 14.0. The Morgan fingerprint density at radius 2 is 2.04 bits per heavy atom. The molecule has 0 saturated carbocycles. The molecule has 0 fully saturated rings. The molecule has 4 aromatic rings. The van der Waals surface area contributed by atoms with Crippen molar-refractivity contribution in [2.24, 2.45) is 7.05 Å². The minimum Gasteiger partial charge on any atom is -0.456 e. The lowest BCUT2D eigenvalue weighted by Crippen LogP contribution is -2.31. The van der Waals surface area contributed by atoms with E-state index in [1.165, 1.54) is 6.20 Å². The van der Waals surface area contributed by atoms with Crippen molar-refractivity contribution in [3.05, 3.63) is 71.2 Å². The van der Waals surface area contributed by atoms with Crippen LogP contribution in [0.3, 0.4) is 0 Å². The Balaban J connectivity index is 2.05. The largest absolute Gasteiger partial charge is 0.456 e. The number of benzene rings is 2. The van der Waals surface area contributed by atoms with Gasteiger partial charge < -0.3 is 4.42 Å². The molecule has 0 aliphatic heterocycles. The smallest absolute Gasteiger partial charge is 0.216 e. The molecule has 2 heterocycles. The second-order valence-corrected chi connectivity index (χ2v) is 5.86. The van der Waals surface area contributed by atoms with E-state index in [9.17, 15) is 0 Å². The minimum atomic E-state index is -2.34. The van der Waals surface area contributed by atoms with E-state index in [0.717, 1.165) is 21.9 Å². The topological polar surface area (TPSA) is 21.4 Å². The number of pyridine rings is 1. The zero-order valence-corrected chi connectivity index (χ0v) is 13.3. The third-order valence-corrected chi connectivity index (χ3v) is 4.29. The molecule has 0 N–H and O–H groups in total. The molecule has 0 unspecified atom stereocenters. The van der Waals surface area contributed by atoms with E-state index < -0.39 is 6.85 Å². The van der Waals surface area contributed by atoms with E-state index in [1.807, 2.05) is 25.1 Å². The summed E-state index contributed by atoms with van der Waals surface area (Å²) in [6, 6.07) is 10.9. The summed E-state index contributed by atoms with van der Waals surface area (Å²) in [5, 5.41) is 1.83. The van der Waals surface area contributed by atoms with E-state index >= 15 is 0 Å². The van der Waals surface area contributed by atoms with Gasteiger partial charge in [-0.15, -0.1) is 0 Å². The molecule has 0 spiro atoms. The van der Waals surface area contributed by atoms with Gasteiger partial charge in [0, 0.05) is 26.5 Å². The maximum Gasteiger partial charge on any atom is 0.216 e. The zero-order chi connectivity index (χ0) is 20.2. The molecule has 116 valence electrons. The van der Waals surface area contributed by atoms with E-state index in [-0.39, 0.29) is 11.6 Å². The summed E-state index contributed by atoms with van der Waals surface area (Å²) in [6.45, 7) is 6.81. The van der Waals surface area contributed by atoms with Crippen LogP contribution in [-0.4, -0.2) is 0 Å². The quantitative estimate of drug-likeness (QED) is 0.347. The first kappa shape index (κ1) is 10.6. The third-order valence-electron chi connectivity index (χ3n) is 4.29. The van der Waals surface area contributed by atoms with Gasteiger partial charge in [-0.3, -0.25) is 0 Å². The summed E-state index contributed by atoms with van der Waals surface area (Å²) in [4.78, 5) is 3.46. The van der Waals surface area contributed by atoms with Crippen LogP contribution in [0.5, 0.6) is 0 Å². The summed E-state index contributed by atoms with van der Waals surface area (Å²) in [5.74, 6) is 0. The molecule has 2 aromatic carbocycles. The molecule has 0 radical (unpaired) electrons. The predicted molar refractivity (Wildman–Crippen MR) is 96.1 cm³/mol. The van der Waals surface area contributed by atoms with Crippen molar-refractivity contribution < 1.29 is 14.5 Å². The van der Waals surface area contributed by atoms with Crippen LogP contribution < -0.4 is 4.57 Å². The maximum absolute atomic E-state index is 8.22. The minimum absolute atomic E-state index is 0.00915. The van der Waals surface area contributed by atoms with Crippen LogP contribution in [0.15, 0.2) is 53.1 Å². The van der Waals surface area contributed by atoms with E-state index in [4.69, 9.17) is 16.5 Å². The molecule has 0 aliphatic carbocycles. The van der Waals surface area contributed by atoms with Crippen molar-refractivity contribution in [3.63, 3.8) is 0 Å². The average molecular weight is 317 g/mol. The summed E-state index contributed by atoms with van der Waals surface area (Å²) in [7, 11) is 1.77. The van der Waals surface area contributed by atoms with Gasteiger partial charge in [0.25, 0.3) is 0 Å². The van der Waals surface area contributed by atoms with Crippen molar-refractivity contribution in [2.75, 3.05) is 0 Å². The Hall–Kier alpha value is -3.12. The lowest BCUT2D eigenvalue weighted by Gasteiger charge is -2.05. The van der Waals surface area contributed by atoms with Crippen molar-refractivity contribution in [2.45, 2.75) is 13.8 Å². The van der Waals surface area contributed by atoms with Gasteiger partial charge in [-0.1, -0.05) is 24.3 Å². The van der Waals surface area contributed by atoms with Crippen LogP contribution in [-0.2, 0) is 7.05 Å². The highest BCUT2D eigenvalue weighted by Gasteiger charge is 2.20. The zero-order valence-electron chi connectivity index (χ0n) is 17.3. The van der Waals surface area contributed by atoms with Crippen molar-refractivity contribution >= 4 is 27.6 Å². The molecule has 0 saturated heterocycles. The molecule has 0 bridgehead atoms. The van der Waals surface area contributed by atoms with Gasteiger partial charge in [-0.2, -0.15) is 0 Å². The summed E-state index contributed by atoms with van der Waals surface area (Å²) < 4.78 is 38.9. The van der Waals surface area contributed by atoms with Crippen LogP contribution >= 0.6 is 0 Å². The van der Waals surface area contributed by atoms with Gasteiger partial charge in [0.1, 0.15) is 18.2 Å². The highest BCUT2D eigenvalue weighted by Crippen LogP contribution is 2.37. The summed E-state index contributed by atoms with van der Waals surface area (Å²) in [5.41, 5.74) is 4.27. The first-order valence-corrected chi connectivity index (χ1v) is 7.55. The van der Waals surface area contributed by atoms with E-state index in [2.05, 4.69) is 4.85 Å². The van der Waals surface area contributed by atoms with Crippen LogP contribution in [0.2, 0.25) is 0 Å². The van der Waals surface area contributed by atoms with Crippen LogP contribution in [0.1, 0.15) is 16.6 Å². The van der Waals surface area contributed by atoms with Crippen molar-refractivity contribution in [1.29, 1.82) is 0 Å². The number of aryl methyl sites for hydroxylation is 3. The number of rotatable bonds is 1. The summed E-state index contributed by atoms with van der Waals surface area (Å²) in [6.07, 6.45) is 1.49. The lowest BCUT2D eigenvalue weighted by molar-refractivity contribution is -0.660. The number of hydrogen-bond acceptors (Lipinski definition) is 1. The van der Waals surface area contributed by atoms with Crippen LogP contribution in [0.4, 0.5) is 5.69 Å². The number of furan rings is 1. The van der Waals surface area contributed by atoms with Crippen LogP contribution in [0, 0.1) is 20.3 Å². The van der Waals surface area contributed by atoms with Crippen LogP contribution in [0.25, 0.3) is 38.0 Å². The Bertz CT molecular complexity index is 1300. The molecule has 3 nitrogen and oxygen atoms in total. The maximum atomic E-state index is 8.22. The van der Waals surface area contributed by atoms with E-state index in [1.54, 1.807) is 29.8 Å². The lowest BCUT2D eigenvalue weighted by atomic mass is 10.0. The third kappa shape index (κ3) is 2.08. The molecule has 0 amide bonds. The van der Waals surface area contributed by atoms with Crippen molar-refractivity contribution in [3.8, 4) is 11.3 Å². The van der Waals surface area contributed by atoms with Gasteiger partial charge in [0.05, 0.1) is 13.5 Å². The number of hydrogen-bond donors (Lipinski definition) is 0. The molecular formula is C21H17N2O+. The molecular weight excluding hydrogens is 296 g/mol. The summed E-state index contributed by atoms with van der Waals surface area (Å²) >= 11 is 0. The molecule has 3 heteroatoms. The number of fused-ring (bicyclic) bond motifs is 3. The molecule has 0 atom stereocenters. The van der Waals surface area contributed by atoms with Crippen molar-refractivity contribution in [1.82, 2.24) is 0 Å². The van der Waals surface area contributed by atoms with Gasteiger partial charge >= 0.3 is 0 Å². The van der Waals surface area contributed by atoms with E-state index in [0.29, 0.717) is 22.5 Å². The first-order chi connectivity index (χ1) is 13.2. The fourth-order valence-electron chi connectivity index (χ4n) is 3.11. The average Bonchev–Trinajstić information content (AvgIpc) is 3.00. The first-order valence-electron chi connectivity index (χ1n) is 9.55. The van der Waals surface area contributed by atoms with Gasteiger partial charge in [0.15, 0.2) is 11.9 Å². The standard InChI is InChI=1S/C21H17N2O/c1-13-5-10-18(23(4)12-13)20-14(2)6-8-17-16-9-7-15(22-3)11-19(16)24-21(17)20/h5-12H,1-2,4H3/q+1/i1D3,5D. The monoisotopic (exact) mass is 317 g/mol. The molecule has 24 heavy (non-hydrogen) atoms. The number of aromatic nitrogens is 1. The fourth-order valence-corrected chi connectivity index (χ4v) is 3.11. The second kappa shape index (κ2) is 5.21. The highest BCUT2D eigenvalue weighted by molar-refractivity contribution is 6.10. The predicted octanol–water partition coefficient (Wildman–Crippen LogP) is 5.25. The Kier molecular flexibility index (Phi) is 2.30. The molecule has 4 rings (SSSR count). The highest BCUT2D eigenvalue weighted by atomic mass is 16.3. The number of nitrogens with zero attached hydrogens (tertiary/aromatic N) is 2. The van der Waals surface area contributed by atoms with Gasteiger partial charge in [-0.25, -0.2) is 9.41 Å². The second-order valence-electron chi connectivity index (χ2n) is 5.86. The Labute approximate surface area is 146 Å². The SMILES string of the molecule is [2H]c1cc(-c2c(C)ccc3c2oc2cc([N+]#[C-])ccc23)[n+](C)cc1C([2H])([2H])[2H]. The Morgan fingerprint density at radius 1 is 1.21 bits per heavy atom. The van der Waals surface area contributed by atoms with Gasteiger partial charge in [0.2, 0.25) is 5.69 Å². The van der Waals surface area contributed by atoms with Gasteiger partial charge in [-0.05, 0) is 31.4 Å². The Morgan fingerprint density at radius 3 is 2.83 bits per heavy atom.